The van der Waals surface area contributed by atoms with Crippen LogP contribution < -0.4 is 0 Å². The van der Waals surface area contributed by atoms with Gasteiger partial charge in [0.05, 0.1) is 0 Å². The fourth-order valence-corrected chi connectivity index (χ4v) is 3.97. The molecule has 5 heteroatoms. The molecule has 0 unspecified atom stereocenters. The zero-order valence-electron chi connectivity index (χ0n) is 15.5. The molecule has 0 radical (unpaired) electrons. The number of nitrogens with zero attached hydrogens (tertiary/aromatic N) is 2. The van der Waals surface area contributed by atoms with Crippen molar-refractivity contribution in [1.29, 1.82) is 0 Å². The average molecular weight is 366 g/mol. The lowest BCUT2D eigenvalue weighted by Crippen LogP contribution is -2.36. The lowest BCUT2D eigenvalue weighted by atomic mass is 9.82. The van der Waals surface area contributed by atoms with Gasteiger partial charge in [-0.3, -0.25) is 4.79 Å². The van der Waals surface area contributed by atoms with E-state index >= 15 is 0 Å². The standard InChI is InChI=1S/C22H20F2N2O/c1-22(2)13-26(21(27)14-8-9-16(23)17(24)12-14)11-10-19-20(22)15-6-4-5-7-18(15)25(19)3/h4-12H,13H2,1-3H3. The van der Waals surface area contributed by atoms with E-state index in [2.05, 4.69) is 30.5 Å². The molecule has 27 heavy (non-hydrogen) atoms. The molecular formula is C22H20F2N2O. The van der Waals surface area contributed by atoms with Gasteiger partial charge in [-0.15, -0.1) is 0 Å². The van der Waals surface area contributed by atoms with Crippen molar-refractivity contribution in [3.05, 3.63) is 77.1 Å². The van der Waals surface area contributed by atoms with Crippen molar-refractivity contribution in [3.8, 4) is 0 Å². The third kappa shape index (κ3) is 2.74. The summed E-state index contributed by atoms with van der Waals surface area (Å²) >= 11 is 0. The monoisotopic (exact) mass is 366 g/mol. The van der Waals surface area contributed by atoms with Crippen LogP contribution in [0.5, 0.6) is 0 Å². The van der Waals surface area contributed by atoms with Crippen molar-refractivity contribution >= 4 is 22.9 Å². The molecule has 0 atom stereocenters. The Morgan fingerprint density at radius 2 is 1.81 bits per heavy atom. The Bertz CT molecular complexity index is 1100. The van der Waals surface area contributed by atoms with Crippen molar-refractivity contribution in [2.75, 3.05) is 6.54 Å². The Balaban J connectivity index is 1.79. The number of aromatic nitrogens is 1. The van der Waals surface area contributed by atoms with Gasteiger partial charge in [0.15, 0.2) is 11.6 Å². The highest BCUT2D eigenvalue weighted by Crippen LogP contribution is 2.38. The molecule has 3 aromatic rings. The van der Waals surface area contributed by atoms with Crippen LogP contribution in [0.3, 0.4) is 0 Å². The topological polar surface area (TPSA) is 25.2 Å². The molecule has 1 aromatic heterocycles. The second-order valence-electron chi connectivity index (χ2n) is 7.60. The minimum atomic E-state index is -1.02. The summed E-state index contributed by atoms with van der Waals surface area (Å²) in [5.41, 5.74) is 3.17. The van der Waals surface area contributed by atoms with Crippen molar-refractivity contribution < 1.29 is 13.6 Å². The molecule has 0 aliphatic carbocycles. The Morgan fingerprint density at radius 1 is 1.07 bits per heavy atom. The molecule has 0 bridgehead atoms. The highest BCUT2D eigenvalue weighted by atomic mass is 19.2. The van der Waals surface area contributed by atoms with Gasteiger partial charge in [-0.1, -0.05) is 32.0 Å². The van der Waals surface area contributed by atoms with Gasteiger partial charge in [-0.05, 0) is 35.9 Å². The van der Waals surface area contributed by atoms with Crippen LogP contribution in [-0.2, 0) is 12.5 Å². The summed E-state index contributed by atoms with van der Waals surface area (Å²) in [5.74, 6) is -2.33. The van der Waals surface area contributed by atoms with Crippen molar-refractivity contribution in [2.24, 2.45) is 7.05 Å². The van der Waals surface area contributed by atoms with Gasteiger partial charge in [0.2, 0.25) is 0 Å². The van der Waals surface area contributed by atoms with Crippen molar-refractivity contribution in [1.82, 2.24) is 9.47 Å². The molecule has 2 heterocycles. The first-order chi connectivity index (χ1) is 12.8. The van der Waals surface area contributed by atoms with Gasteiger partial charge < -0.3 is 9.47 Å². The fourth-order valence-electron chi connectivity index (χ4n) is 3.97. The lowest BCUT2D eigenvalue weighted by molar-refractivity contribution is 0.0801. The molecule has 1 aliphatic rings. The first-order valence-electron chi connectivity index (χ1n) is 8.82. The van der Waals surface area contributed by atoms with Crippen LogP contribution in [0.1, 0.15) is 35.5 Å². The van der Waals surface area contributed by atoms with Gasteiger partial charge in [-0.2, -0.15) is 0 Å². The van der Waals surface area contributed by atoms with E-state index in [4.69, 9.17) is 0 Å². The summed E-state index contributed by atoms with van der Waals surface area (Å²) in [4.78, 5) is 14.5. The summed E-state index contributed by atoms with van der Waals surface area (Å²) < 4.78 is 28.9. The largest absolute Gasteiger partial charge is 0.344 e. The minimum absolute atomic E-state index is 0.130. The Kier molecular flexibility index (Phi) is 3.91. The van der Waals surface area contributed by atoms with Gasteiger partial charge in [0, 0.05) is 47.4 Å². The zero-order valence-corrected chi connectivity index (χ0v) is 15.5. The number of hydrogen-bond acceptors (Lipinski definition) is 1. The predicted molar refractivity (Wildman–Crippen MR) is 102 cm³/mol. The third-order valence-electron chi connectivity index (χ3n) is 5.23. The number of carbonyl (C=O) groups is 1. The van der Waals surface area contributed by atoms with Crippen LogP contribution in [0, 0.1) is 11.6 Å². The maximum atomic E-state index is 13.6. The zero-order chi connectivity index (χ0) is 19.3. The number of aryl methyl sites for hydroxylation is 1. The quantitative estimate of drug-likeness (QED) is 0.604. The molecule has 2 aromatic carbocycles. The predicted octanol–water partition coefficient (Wildman–Crippen LogP) is 4.86. The molecule has 4 rings (SSSR count). The van der Waals surface area contributed by atoms with Gasteiger partial charge in [0.1, 0.15) is 0 Å². The van der Waals surface area contributed by atoms with Crippen molar-refractivity contribution in [2.45, 2.75) is 19.3 Å². The molecule has 1 aliphatic heterocycles. The van der Waals surface area contributed by atoms with E-state index in [1.165, 1.54) is 11.6 Å². The number of carbonyl (C=O) groups excluding carboxylic acids is 1. The van der Waals surface area contributed by atoms with Crippen LogP contribution in [0.25, 0.3) is 17.0 Å². The Hall–Kier alpha value is -2.95. The summed E-state index contributed by atoms with van der Waals surface area (Å²) in [5, 5.41) is 1.16. The number of amides is 1. The summed E-state index contributed by atoms with van der Waals surface area (Å²) in [6.07, 6.45) is 3.65. The fraction of sp³-hybridized carbons (Fsp3) is 0.227. The third-order valence-corrected chi connectivity index (χ3v) is 5.23. The molecule has 0 N–H and O–H groups in total. The molecule has 0 spiro atoms. The van der Waals surface area contributed by atoms with E-state index in [-0.39, 0.29) is 16.9 Å². The molecule has 0 saturated heterocycles. The summed E-state index contributed by atoms with van der Waals surface area (Å²) in [6.45, 7) is 4.62. The normalized spacial score (nSPS) is 15.7. The number of halogens is 2. The molecule has 138 valence electrons. The van der Waals surface area contributed by atoms with Gasteiger partial charge >= 0.3 is 0 Å². The second-order valence-corrected chi connectivity index (χ2v) is 7.60. The van der Waals surface area contributed by atoms with Crippen LogP contribution in [0.4, 0.5) is 8.78 Å². The smallest absolute Gasteiger partial charge is 0.257 e. The number of hydrogen-bond donors (Lipinski definition) is 0. The van der Waals surface area contributed by atoms with Crippen LogP contribution in [0.2, 0.25) is 0 Å². The van der Waals surface area contributed by atoms with Crippen LogP contribution >= 0.6 is 0 Å². The summed E-state index contributed by atoms with van der Waals surface area (Å²) in [7, 11) is 2.01. The number of rotatable bonds is 1. The Morgan fingerprint density at radius 3 is 2.56 bits per heavy atom. The first kappa shape index (κ1) is 17.5. The minimum Gasteiger partial charge on any atom is -0.344 e. The highest BCUT2D eigenvalue weighted by Gasteiger charge is 2.33. The van der Waals surface area contributed by atoms with E-state index in [0.717, 1.165) is 28.7 Å². The van der Waals surface area contributed by atoms with E-state index in [1.54, 1.807) is 11.1 Å². The SMILES string of the molecule is Cn1c2c(c3ccccc31)C(C)(C)CN(C(=O)c1ccc(F)c(F)c1)C=C2. The molecule has 1 amide bonds. The van der Waals surface area contributed by atoms with Crippen LogP contribution in [-0.4, -0.2) is 21.9 Å². The number of para-hydroxylation sites is 1. The van der Waals surface area contributed by atoms with E-state index in [1.807, 2.05) is 25.3 Å². The number of benzene rings is 2. The number of fused-ring (bicyclic) bond motifs is 3. The molecule has 3 nitrogen and oxygen atoms in total. The first-order valence-corrected chi connectivity index (χ1v) is 8.82. The molecular weight excluding hydrogens is 346 g/mol. The van der Waals surface area contributed by atoms with E-state index in [0.29, 0.717) is 6.54 Å². The van der Waals surface area contributed by atoms with Gasteiger partial charge in [0.25, 0.3) is 5.91 Å². The van der Waals surface area contributed by atoms with Crippen LogP contribution in [0.15, 0.2) is 48.7 Å². The van der Waals surface area contributed by atoms with E-state index in [9.17, 15) is 13.6 Å². The molecule has 0 fully saturated rings. The summed E-state index contributed by atoms with van der Waals surface area (Å²) in [6, 6.07) is 11.4. The van der Waals surface area contributed by atoms with Crippen molar-refractivity contribution in [3.63, 3.8) is 0 Å². The maximum Gasteiger partial charge on any atom is 0.257 e. The van der Waals surface area contributed by atoms with Gasteiger partial charge in [-0.25, -0.2) is 8.78 Å². The molecule has 0 saturated carbocycles. The lowest BCUT2D eigenvalue weighted by Gasteiger charge is -2.30. The maximum absolute atomic E-state index is 13.6. The van der Waals surface area contributed by atoms with E-state index < -0.39 is 11.6 Å². The Labute approximate surface area is 156 Å². The second kappa shape index (κ2) is 6.05. The average Bonchev–Trinajstić information content (AvgIpc) is 2.84. The highest BCUT2D eigenvalue weighted by molar-refractivity contribution is 5.96.